The van der Waals surface area contributed by atoms with Crippen molar-refractivity contribution in [1.82, 2.24) is 0 Å². The second-order valence-electron chi connectivity index (χ2n) is 2.51. The molecule has 1 unspecified atom stereocenters. The number of hydrogen-bond donors (Lipinski definition) is 1. The summed E-state index contributed by atoms with van der Waals surface area (Å²) >= 11 is 0. The van der Waals surface area contributed by atoms with Gasteiger partial charge < -0.3 is 11.2 Å². The van der Waals surface area contributed by atoms with E-state index in [2.05, 4.69) is 18.8 Å². The summed E-state index contributed by atoms with van der Waals surface area (Å²) in [5.74, 6) is 5.36. The predicted octanol–water partition coefficient (Wildman–Crippen LogP) is 2.03. The lowest BCUT2D eigenvalue weighted by atomic mass is 10.2. The van der Waals surface area contributed by atoms with Crippen LogP contribution < -0.4 is 5.73 Å². The molecule has 0 heterocycles. The number of unbranched alkanes of at least 4 members (excludes halogenated alkanes) is 2. The maximum atomic E-state index is 11.8. The van der Waals surface area contributed by atoms with E-state index in [1.165, 1.54) is 0 Å². The average molecular weight is 191 g/mol. The summed E-state index contributed by atoms with van der Waals surface area (Å²) in [7, 11) is 0. The van der Waals surface area contributed by atoms with E-state index in [-0.39, 0.29) is 5.48 Å². The molecule has 0 aromatic rings. The molecule has 2 nitrogen and oxygen atoms in total. The van der Waals surface area contributed by atoms with Crippen molar-refractivity contribution >= 4 is 0 Å². The normalized spacial score (nSPS) is 9.62. The summed E-state index contributed by atoms with van der Waals surface area (Å²) in [6.07, 6.45) is 2.58. The Morgan fingerprint density at radius 1 is 1.23 bits per heavy atom. The fourth-order valence-corrected chi connectivity index (χ4v) is 0.589. The van der Waals surface area contributed by atoms with Gasteiger partial charge in [0.15, 0.2) is 0 Å². The first-order valence-corrected chi connectivity index (χ1v) is 4.42. The quantitative estimate of drug-likeness (QED) is 0.412. The van der Waals surface area contributed by atoms with E-state index in [0.717, 1.165) is 19.3 Å². The van der Waals surface area contributed by atoms with Crippen molar-refractivity contribution in [3.8, 4) is 11.8 Å². The van der Waals surface area contributed by atoms with Crippen LogP contribution in [0.1, 0.15) is 46.5 Å². The highest BCUT2D eigenvalue weighted by molar-refractivity contribution is 4.89. The lowest BCUT2D eigenvalue weighted by molar-refractivity contribution is 0.315. The predicted molar refractivity (Wildman–Crippen MR) is 56.0 cm³/mol. The van der Waals surface area contributed by atoms with Crippen molar-refractivity contribution in [1.29, 1.82) is 0 Å². The van der Waals surface area contributed by atoms with Gasteiger partial charge in [0.1, 0.15) is 6.30 Å². The van der Waals surface area contributed by atoms with Crippen LogP contribution >= 0.6 is 0 Å². The molecule has 0 aromatic carbocycles. The van der Waals surface area contributed by atoms with Gasteiger partial charge in [-0.2, -0.15) is 0 Å². The molecule has 80 valence electrons. The van der Waals surface area contributed by atoms with E-state index in [1.54, 1.807) is 0 Å². The summed E-state index contributed by atoms with van der Waals surface area (Å²) in [6, 6.07) is 0. The molecule has 0 radical (unpaired) electrons. The zero-order valence-electron chi connectivity index (χ0n) is 8.86. The Bertz CT molecular complexity index is 121. The van der Waals surface area contributed by atoms with Crippen LogP contribution in [-0.4, -0.2) is 11.8 Å². The molecular weight excluding hydrogens is 169 g/mol. The highest BCUT2D eigenvalue weighted by Gasteiger charge is 1.94. The summed E-state index contributed by atoms with van der Waals surface area (Å²) < 4.78 is 11.8. The lowest BCUT2D eigenvalue weighted by Gasteiger charge is -1.97. The van der Waals surface area contributed by atoms with Gasteiger partial charge in [-0.05, 0) is 26.7 Å². The Kier molecular flexibility index (Phi) is 24.5. The van der Waals surface area contributed by atoms with Crippen molar-refractivity contribution in [2.45, 2.75) is 52.8 Å². The van der Waals surface area contributed by atoms with Gasteiger partial charge in [0.25, 0.3) is 0 Å². The number of rotatable bonds is 4. The molecule has 0 spiro atoms. The third kappa shape index (κ3) is 34.5. The maximum absolute atomic E-state index is 11.8. The van der Waals surface area contributed by atoms with Gasteiger partial charge >= 0.3 is 0 Å². The fourth-order valence-electron chi connectivity index (χ4n) is 0.589. The molecule has 0 aliphatic rings. The monoisotopic (exact) mass is 191 g/mol. The van der Waals surface area contributed by atoms with Gasteiger partial charge in [0.2, 0.25) is 0 Å². The average Bonchev–Trinajstić information content (AvgIpc) is 2.05. The maximum Gasteiger partial charge on any atom is 0.148 e. The van der Waals surface area contributed by atoms with Gasteiger partial charge in [0, 0.05) is 0 Å². The third-order valence-electron chi connectivity index (χ3n) is 1.33. The Labute approximate surface area is 81.0 Å². The van der Waals surface area contributed by atoms with Gasteiger partial charge in [-0.1, -0.05) is 19.8 Å². The van der Waals surface area contributed by atoms with Crippen molar-refractivity contribution in [2.75, 3.05) is 0 Å². The zero-order valence-corrected chi connectivity index (χ0v) is 8.86. The number of nitrogens with two attached hydrogens (primary N) is 1. The topological polar surface area (TPSA) is 57.5 Å². The third-order valence-corrected chi connectivity index (χ3v) is 1.33. The molecule has 0 amide bonds. The molecule has 3 heteroatoms. The van der Waals surface area contributed by atoms with Gasteiger partial charge in [-0.3, -0.25) is 0 Å². The van der Waals surface area contributed by atoms with Crippen LogP contribution in [0.4, 0.5) is 4.39 Å². The van der Waals surface area contributed by atoms with Crippen LogP contribution in [0.3, 0.4) is 0 Å². The van der Waals surface area contributed by atoms with Crippen LogP contribution in [0.2, 0.25) is 0 Å². The largest absolute Gasteiger partial charge is 0.412 e. The minimum absolute atomic E-state index is 0. The minimum Gasteiger partial charge on any atom is -0.412 e. The molecule has 4 N–H and O–H groups in total. The molecule has 0 aromatic heterocycles. The van der Waals surface area contributed by atoms with Crippen molar-refractivity contribution in [3.63, 3.8) is 0 Å². The number of halogens is 1. The highest BCUT2D eigenvalue weighted by Crippen LogP contribution is 2.01. The van der Waals surface area contributed by atoms with Crippen molar-refractivity contribution in [2.24, 2.45) is 5.73 Å². The molecule has 0 aliphatic carbocycles. The van der Waals surface area contributed by atoms with Crippen LogP contribution in [0, 0.1) is 11.8 Å². The smallest absolute Gasteiger partial charge is 0.148 e. The van der Waals surface area contributed by atoms with Crippen LogP contribution in [-0.2, 0) is 0 Å². The van der Waals surface area contributed by atoms with E-state index >= 15 is 0 Å². The first-order valence-electron chi connectivity index (χ1n) is 4.42. The molecule has 13 heavy (non-hydrogen) atoms. The van der Waals surface area contributed by atoms with Crippen LogP contribution in [0.25, 0.3) is 0 Å². The minimum atomic E-state index is -1.10. The molecule has 0 bridgehead atoms. The van der Waals surface area contributed by atoms with Crippen molar-refractivity contribution in [3.05, 3.63) is 0 Å². The summed E-state index contributed by atoms with van der Waals surface area (Å²) in [6.45, 7) is 5.73. The second-order valence-corrected chi connectivity index (χ2v) is 2.51. The van der Waals surface area contributed by atoms with Crippen molar-refractivity contribution < 1.29 is 9.87 Å². The van der Waals surface area contributed by atoms with E-state index in [9.17, 15) is 4.39 Å². The SMILES string of the molecule is CC#CC.CCCCCC(N)F.O. The Morgan fingerprint density at radius 3 is 1.92 bits per heavy atom. The van der Waals surface area contributed by atoms with Crippen LogP contribution in [0.5, 0.6) is 0 Å². The van der Waals surface area contributed by atoms with Gasteiger partial charge in [-0.25, -0.2) is 4.39 Å². The molecular formula is C10H22FNO. The first-order chi connectivity index (χ1) is 5.68. The molecule has 0 aliphatic heterocycles. The second kappa shape index (κ2) is 17.5. The Balaban J connectivity index is -0.000000173. The lowest BCUT2D eigenvalue weighted by Crippen LogP contribution is -2.11. The van der Waals surface area contributed by atoms with Gasteiger partial charge in [0.05, 0.1) is 0 Å². The Morgan fingerprint density at radius 2 is 1.69 bits per heavy atom. The number of alkyl halides is 1. The van der Waals surface area contributed by atoms with E-state index in [1.807, 2.05) is 13.8 Å². The molecule has 0 rings (SSSR count). The van der Waals surface area contributed by atoms with Gasteiger partial charge in [-0.15, -0.1) is 11.8 Å². The van der Waals surface area contributed by atoms with E-state index < -0.39 is 6.30 Å². The van der Waals surface area contributed by atoms with Crippen LogP contribution in [0.15, 0.2) is 0 Å². The standard InChI is InChI=1S/C6H14FN.C4H6.H2O/c1-2-3-4-5-6(7)8;1-3-4-2;/h6H,2-5,8H2,1H3;1-2H3;1H2. The summed E-state index contributed by atoms with van der Waals surface area (Å²) in [4.78, 5) is 0. The van der Waals surface area contributed by atoms with E-state index in [4.69, 9.17) is 5.73 Å². The molecule has 1 atom stereocenters. The molecule has 0 fully saturated rings. The fraction of sp³-hybridized carbons (Fsp3) is 0.800. The highest BCUT2D eigenvalue weighted by atomic mass is 19.1. The zero-order chi connectivity index (χ0) is 9.82. The molecule has 0 saturated heterocycles. The summed E-state index contributed by atoms with van der Waals surface area (Å²) in [5, 5.41) is 0. The Hall–Kier alpha value is -0.590. The first kappa shape index (κ1) is 18.2. The summed E-state index contributed by atoms with van der Waals surface area (Å²) in [5.41, 5.74) is 4.87. The molecule has 0 saturated carbocycles. The van der Waals surface area contributed by atoms with E-state index in [0.29, 0.717) is 6.42 Å². The number of hydrogen-bond acceptors (Lipinski definition) is 1.